The first-order valence-electron chi connectivity index (χ1n) is 4.70. The van der Waals surface area contributed by atoms with E-state index in [-0.39, 0.29) is 0 Å². The Morgan fingerprint density at radius 1 is 1.25 bits per heavy atom. The van der Waals surface area contributed by atoms with E-state index in [9.17, 15) is 20.1 Å². The smallest absolute Gasteiger partial charge is 0.255 e. The molecule has 0 rings (SSSR count). The second-order valence-electron chi connectivity index (χ2n) is 3.18. The molecule has 6 N–H and O–H groups in total. The van der Waals surface area contributed by atoms with Gasteiger partial charge in [-0.15, -0.1) is 0 Å². The van der Waals surface area contributed by atoms with Crippen molar-refractivity contribution in [2.45, 2.75) is 31.3 Å². The van der Waals surface area contributed by atoms with E-state index in [1.54, 1.807) is 6.92 Å². The molecule has 0 bridgehead atoms. The fraction of sp³-hybridized carbons (Fsp3) is 0.667. The van der Waals surface area contributed by atoms with Gasteiger partial charge in [0.2, 0.25) is 0 Å². The SMILES string of the molecule is CC=CNC(=O)[C@H](O)[C@@H](O)[C@H](O)[C@H](O)CO. The monoisotopic (exact) mass is 235 g/mol. The Balaban J connectivity index is 4.36. The van der Waals surface area contributed by atoms with Crippen LogP contribution in [0.1, 0.15) is 6.92 Å². The van der Waals surface area contributed by atoms with Gasteiger partial charge >= 0.3 is 0 Å². The topological polar surface area (TPSA) is 130 Å². The normalized spacial score (nSPS) is 19.1. The highest BCUT2D eigenvalue weighted by Gasteiger charge is 2.33. The molecule has 7 nitrogen and oxygen atoms in total. The maximum absolute atomic E-state index is 11.1. The van der Waals surface area contributed by atoms with Crippen LogP contribution in [0.25, 0.3) is 0 Å². The highest BCUT2D eigenvalue weighted by Crippen LogP contribution is 2.05. The fourth-order valence-electron chi connectivity index (χ4n) is 0.928. The second-order valence-corrected chi connectivity index (χ2v) is 3.18. The van der Waals surface area contributed by atoms with Gasteiger partial charge in [0, 0.05) is 0 Å². The lowest BCUT2D eigenvalue weighted by atomic mass is 10.0. The number of hydrogen-bond donors (Lipinski definition) is 6. The molecule has 0 aliphatic rings. The Hall–Kier alpha value is -0.990. The molecule has 0 aliphatic carbocycles. The first-order chi connectivity index (χ1) is 7.45. The molecule has 16 heavy (non-hydrogen) atoms. The van der Waals surface area contributed by atoms with E-state index in [0.29, 0.717) is 0 Å². The summed E-state index contributed by atoms with van der Waals surface area (Å²) in [6, 6.07) is 0. The van der Waals surface area contributed by atoms with Gasteiger partial charge in [0.15, 0.2) is 6.10 Å². The zero-order valence-corrected chi connectivity index (χ0v) is 8.82. The molecule has 94 valence electrons. The third kappa shape index (κ3) is 4.25. The standard InChI is InChI=1S/C9H17NO6/c1-2-3-10-9(16)8(15)7(14)6(13)5(12)4-11/h2-3,5-8,11-15H,4H2,1H3,(H,10,16)/t5-,6-,7+,8-/m1/s1. The molecule has 0 saturated carbocycles. The van der Waals surface area contributed by atoms with Crippen molar-refractivity contribution >= 4 is 5.91 Å². The number of aliphatic hydroxyl groups excluding tert-OH is 5. The van der Waals surface area contributed by atoms with Crippen LogP contribution < -0.4 is 5.32 Å². The van der Waals surface area contributed by atoms with Crippen LogP contribution >= 0.6 is 0 Å². The fourth-order valence-corrected chi connectivity index (χ4v) is 0.928. The summed E-state index contributed by atoms with van der Waals surface area (Å²) in [6.45, 7) is 0.842. The Kier molecular flexibility index (Phi) is 6.86. The predicted molar refractivity (Wildman–Crippen MR) is 54.1 cm³/mol. The molecule has 0 aromatic heterocycles. The van der Waals surface area contributed by atoms with Crippen LogP contribution in [-0.4, -0.2) is 62.5 Å². The van der Waals surface area contributed by atoms with Crippen LogP contribution in [0.5, 0.6) is 0 Å². The molecule has 7 heteroatoms. The predicted octanol–water partition coefficient (Wildman–Crippen LogP) is -2.93. The lowest BCUT2D eigenvalue weighted by Crippen LogP contribution is -2.50. The van der Waals surface area contributed by atoms with E-state index < -0.39 is 36.9 Å². The van der Waals surface area contributed by atoms with Crippen molar-refractivity contribution in [2.75, 3.05) is 6.61 Å². The number of carbonyl (C=O) groups excluding carboxylic acids is 1. The molecule has 0 fully saturated rings. The van der Waals surface area contributed by atoms with Gasteiger partial charge in [0.1, 0.15) is 18.3 Å². The third-order valence-electron chi connectivity index (χ3n) is 1.92. The summed E-state index contributed by atoms with van der Waals surface area (Å²) in [6.07, 6.45) is -4.47. The maximum atomic E-state index is 11.1. The minimum Gasteiger partial charge on any atom is -0.394 e. The van der Waals surface area contributed by atoms with Crippen molar-refractivity contribution in [3.8, 4) is 0 Å². The summed E-state index contributed by atoms with van der Waals surface area (Å²) in [4.78, 5) is 11.1. The summed E-state index contributed by atoms with van der Waals surface area (Å²) in [5.74, 6) is -0.921. The number of rotatable bonds is 6. The zero-order valence-electron chi connectivity index (χ0n) is 8.82. The van der Waals surface area contributed by atoms with Gasteiger partial charge in [-0.05, 0) is 13.1 Å². The van der Waals surface area contributed by atoms with Crippen molar-refractivity contribution in [1.29, 1.82) is 0 Å². The first-order valence-corrected chi connectivity index (χ1v) is 4.70. The molecule has 0 spiro atoms. The molecule has 0 heterocycles. The van der Waals surface area contributed by atoms with Crippen molar-refractivity contribution in [3.63, 3.8) is 0 Å². The van der Waals surface area contributed by atoms with Crippen molar-refractivity contribution < 1.29 is 30.3 Å². The summed E-state index contributed by atoms with van der Waals surface area (Å²) in [5, 5.41) is 47.4. The van der Waals surface area contributed by atoms with Crippen molar-refractivity contribution in [2.24, 2.45) is 0 Å². The molecule has 1 amide bonds. The number of allylic oxidation sites excluding steroid dienone is 1. The van der Waals surface area contributed by atoms with E-state index in [0.717, 1.165) is 0 Å². The van der Waals surface area contributed by atoms with Crippen molar-refractivity contribution in [3.05, 3.63) is 12.3 Å². The summed E-state index contributed by atoms with van der Waals surface area (Å²) < 4.78 is 0. The molecule has 0 radical (unpaired) electrons. The minimum absolute atomic E-state index is 0.790. The van der Waals surface area contributed by atoms with Gasteiger partial charge in [0.05, 0.1) is 6.61 Å². The van der Waals surface area contributed by atoms with Gasteiger partial charge in [-0.2, -0.15) is 0 Å². The van der Waals surface area contributed by atoms with Gasteiger partial charge in [-0.1, -0.05) is 6.08 Å². The number of carbonyl (C=O) groups is 1. The summed E-state index contributed by atoms with van der Waals surface area (Å²) >= 11 is 0. The van der Waals surface area contributed by atoms with Crippen LogP contribution in [0.2, 0.25) is 0 Å². The third-order valence-corrected chi connectivity index (χ3v) is 1.92. The quantitative estimate of drug-likeness (QED) is 0.292. The molecular formula is C9H17NO6. The largest absolute Gasteiger partial charge is 0.394 e. The Labute approximate surface area is 92.7 Å². The Morgan fingerprint density at radius 3 is 2.25 bits per heavy atom. The average molecular weight is 235 g/mol. The molecule has 0 unspecified atom stereocenters. The van der Waals surface area contributed by atoms with Gasteiger partial charge in [-0.3, -0.25) is 4.79 Å². The van der Waals surface area contributed by atoms with E-state index in [1.807, 2.05) is 0 Å². The van der Waals surface area contributed by atoms with Crippen LogP contribution in [0.4, 0.5) is 0 Å². The van der Waals surface area contributed by atoms with E-state index >= 15 is 0 Å². The van der Waals surface area contributed by atoms with Gasteiger partial charge < -0.3 is 30.8 Å². The number of amides is 1. The van der Waals surface area contributed by atoms with Gasteiger partial charge in [0.25, 0.3) is 5.91 Å². The number of aliphatic hydroxyl groups is 5. The maximum Gasteiger partial charge on any atom is 0.255 e. The molecule has 0 aromatic carbocycles. The lowest BCUT2D eigenvalue weighted by molar-refractivity contribution is -0.148. The van der Waals surface area contributed by atoms with Crippen LogP contribution in [0.15, 0.2) is 12.3 Å². The zero-order chi connectivity index (χ0) is 12.7. The van der Waals surface area contributed by atoms with E-state index in [1.165, 1.54) is 12.3 Å². The first kappa shape index (κ1) is 15.0. The van der Waals surface area contributed by atoms with Crippen molar-refractivity contribution in [1.82, 2.24) is 5.32 Å². The lowest BCUT2D eigenvalue weighted by Gasteiger charge is -2.24. The molecule has 0 aromatic rings. The second kappa shape index (κ2) is 7.31. The minimum atomic E-state index is -1.90. The number of hydrogen-bond acceptors (Lipinski definition) is 6. The summed E-state index contributed by atoms with van der Waals surface area (Å²) in [5.41, 5.74) is 0. The highest BCUT2D eigenvalue weighted by atomic mass is 16.4. The molecule has 0 aliphatic heterocycles. The molecular weight excluding hydrogens is 218 g/mol. The average Bonchev–Trinajstić information content (AvgIpc) is 2.31. The van der Waals surface area contributed by atoms with Crippen LogP contribution in [0.3, 0.4) is 0 Å². The molecule has 0 saturated heterocycles. The Morgan fingerprint density at radius 2 is 1.81 bits per heavy atom. The van der Waals surface area contributed by atoms with E-state index in [2.05, 4.69) is 5.32 Å². The highest BCUT2D eigenvalue weighted by molar-refractivity contribution is 5.82. The number of nitrogens with one attached hydrogen (secondary N) is 1. The van der Waals surface area contributed by atoms with Gasteiger partial charge in [-0.25, -0.2) is 0 Å². The van der Waals surface area contributed by atoms with Crippen LogP contribution in [-0.2, 0) is 4.79 Å². The summed E-state index contributed by atoms with van der Waals surface area (Å²) in [7, 11) is 0. The Bertz CT molecular complexity index is 244. The van der Waals surface area contributed by atoms with Crippen LogP contribution in [0, 0.1) is 0 Å². The van der Waals surface area contributed by atoms with E-state index in [4.69, 9.17) is 10.2 Å². The molecule has 4 atom stereocenters.